The van der Waals surface area contributed by atoms with E-state index in [0.717, 1.165) is 19.4 Å². The van der Waals surface area contributed by atoms with Crippen molar-refractivity contribution in [2.45, 2.75) is 32.6 Å². The lowest BCUT2D eigenvalue weighted by Gasteiger charge is -2.16. The van der Waals surface area contributed by atoms with Crippen LogP contribution in [-0.2, 0) is 6.42 Å². The quantitative estimate of drug-likeness (QED) is 0.828. The van der Waals surface area contributed by atoms with Gasteiger partial charge in [-0.25, -0.2) is 0 Å². The second-order valence-corrected chi connectivity index (χ2v) is 6.46. The molecular weight excluding hydrogens is 250 g/mol. The summed E-state index contributed by atoms with van der Waals surface area (Å²) in [6.45, 7) is 5.25. The van der Waals surface area contributed by atoms with Crippen molar-refractivity contribution in [2.24, 2.45) is 11.7 Å². The molecule has 0 radical (unpaired) electrons. The van der Waals surface area contributed by atoms with Crippen LogP contribution in [0, 0.1) is 5.92 Å². The number of hydrogen-bond acceptors (Lipinski definition) is 2. The van der Waals surface area contributed by atoms with E-state index in [2.05, 4.69) is 55.6 Å². The van der Waals surface area contributed by atoms with Crippen molar-refractivity contribution < 1.29 is 0 Å². The van der Waals surface area contributed by atoms with Gasteiger partial charge in [-0.1, -0.05) is 44.2 Å². The highest BCUT2D eigenvalue weighted by molar-refractivity contribution is 7.10. The van der Waals surface area contributed by atoms with Gasteiger partial charge in [-0.3, -0.25) is 0 Å². The standard InChI is InChI=1S/C17H23NS/c1-13(2)12-14-5-7-15(8-6-14)16(9-10-18)17-4-3-11-19-17/h3-8,11,13,16H,9-10,12,18H2,1-2H3. The van der Waals surface area contributed by atoms with Crippen LogP contribution in [0.25, 0.3) is 0 Å². The summed E-state index contributed by atoms with van der Waals surface area (Å²) in [5, 5.41) is 2.14. The largest absolute Gasteiger partial charge is 0.330 e. The van der Waals surface area contributed by atoms with Crippen LogP contribution in [-0.4, -0.2) is 6.54 Å². The SMILES string of the molecule is CC(C)Cc1ccc(C(CCN)c2cccs2)cc1. The minimum absolute atomic E-state index is 0.457. The van der Waals surface area contributed by atoms with E-state index in [9.17, 15) is 0 Å². The monoisotopic (exact) mass is 273 g/mol. The average Bonchev–Trinajstić information content (AvgIpc) is 2.90. The molecule has 1 atom stereocenters. The molecule has 0 amide bonds. The Balaban J connectivity index is 2.18. The maximum Gasteiger partial charge on any atom is 0.0195 e. The van der Waals surface area contributed by atoms with Crippen LogP contribution < -0.4 is 5.73 Å². The van der Waals surface area contributed by atoms with E-state index >= 15 is 0 Å². The molecule has 1 aromatic carbocycles. The van der Waals surface area contributed by atoms with E-state index in [1.54, 1.807) is 0 Å². The van der Waals surface area contributed by atoms with E-state index < -0.39 is 0 Å². The van der Waals surface area contributed by atoms with Gasteiger partial charge in [-0.15, -0.1) is 11.3 Å². The molecule has 1 unspecified atom stereocenters. The maximum absolute atomic E-state index is 5.77. The van der Waals surface area contributed by atoms with Gasteiger partial charge < -0.3 is 5.73 Å². The Hall–Kier alpha value is -1.12. The van der Waals surface area contributed by atoms with E-state index in [1.165, 1.54) is 16.0 Å². The Kier molecular flexibility index (Phi) is 5.17. The van der Waals surface area contributed by atoms with Crippen molar-refractivity contribution in [3.63, 3.8) is 0 Å². The molecule has 1 nitrogen and oxygen atoms in total. The third-order valence-corrected chi connectivity index (χ3v) is 4.35. The van der Waals surface area contributed by atoms with E-state index in [0.29, 0.717) is 11.8 Å². The molecule has 0 aliphatic carbocycles. The molecule has 0 aliphatic rings. The van der Waals surface area contributed by atoms with Gasteiger partial charge in [0.05, 0.1) is 0 Å². The average molecular weight is 273 g/mol. The fraction of sp³-hybridized carbons (Fsp3) is 0.412. The highest BCUT2D eigenvalue weighted by Crippen LogP contribution is 2.31. The smallest absolute Gasteiger partial charge is 0.0195 e. The molecule has 1 heterocycles. The molecule has 19 heavy (non-hydrogen) atoms. The van der Waals surface area contributed by atoms with Crippen LogP contribution in [0.2, 0.25) is 0 Å². The first-order valence-corrected chi connectivity index (χ1v) is 7.91. The topological polar surface area (TPSA) is 26.0 Å². The normalized spacial score (nSPS) is 12.8. The van der Waals surface area contributed by atoms with E-state index in [1.807, 2.05) is 11.3 Å². The zero-order valence-electron chi connectivity index (χ0n) is 11.8. The molecule has 2 heteroatoms. The van der Waals surface area contributed by atoms with Gasteiger partial charge in [0.1, 0.15) is 0 Å². The van der Waals surface area contributed by atoms with Gasteiger partial charge in [0.15, 0.2) is 0 Å². The van der Waals surface area contributed by atoms with E-state index in [-0.39, 0.29) is 0 Å². The van der Waals surface area contributed by atoms with Crippen molar-refractivity contribution in [3.05, 3.63) is 57.8 Å². The molecule has 0 spiro atoms. The van der Waals surface area contributed by atoms with Crippen molar-refractivity contribution in [1.82, 2.24) is 0 Å². The molecule has 2 aromatic rings. The highest BCUT2D eigenvalue weighted by Gasteiger charge is 2.14. The predicted octanol–water partition coefficient (Wildman–Crippen LogP) is 4.43. The van der Waals surface area contributed by atoms with Crippen molar-refractivity contribution in [2.75, 3.05) is 6.54 Å². The molecule has 2 rings (SSSR count). The van der Waals surface area contributed by atoms with Crippen LogP contribution in [0.15, 0.2) is 41.8 Å². The van der Waals surface area contributed by atoms with Gasteiger partial charge >= 0.3 is 0 Å². The van der Waals surface area contributed by atoms with Crippen molar-refractivity contribution in [3.8, 4) is 0 Å². The lowest BCUT2D eigenvalue weighted by molar-refractivity contribution is 0.646. The molecule has 0 fully saturated rings. The van der Waals surface area contributed by atoms with Crippen LogP contribution in [0.1, 0.15) is 42.2 Å². The summed E-state index contributed by atoms with van der Waals surface area (Å²) < 4.78 is 0. The van der Waals surface area contributed by atoms with Gasteiger partial charge in [-0.2, -0.15) is 0 Å². The molecule has 1 aromatic heterocycles. The highest BCUT2D eigenvalue weighted by atomic mass is 32.1. The molecule has 0 aliphatic heterocycles. The Morgan fingerprint density at radius 3 is 2.37 bits per heavy atom. The summed E-state index contributed by atoms with van der Waals surface area (Å²) in [6.07, 6.45) is 2.17. The zero-order chi connectivity index (χ0) is 13.7. The molecule has 0 saturated carbocycles. The fourth-order valence-electron chi connectivity index (χ4n) is 2.49. The second-order valence-electron chi connectivity index (χ2n) is 5.48. The van der Waals surface area contributed by atoms with Crippen LogP contribution in [0.5, 0.6) is 0 Å². The van der Waals surface area contributed by atoms with Crippen molar-refractivity contribution in [1.29, 1.82) is 0 Å². The summed E-state index contributed by atoms with van der Waals surface area (Å²) >= 11 is 1.83. The molecular formula is C17H23NS. The number of hydrogen-bond donors (Lipinski definition) is 1. The Morgan fingerprint density at radius 1 is 1.11 bits per heavy atom. The Morgan fingerprint density at radius 2 is 1.84 bits per heavy atom. The minimum atomic E-state index is 0.457. The minimum Gasteiger partial charge on any atom is -0.330 e. The molecule has 0 saturated heterocycles. The van der Waals surface area contributed by atoms with Crippen LogP contribution >= 0.6 is 11.3 Å². The van der Waals surface area contributed by atoms with Gasteiger partial charge in [-0.05, 0) is 47.9 Å². The Labute approximate surface area is 120 Å². The number of nitrogens with two attached hydrogens (primary N) is 1. The lowest BCUT2D eigenvalue weighted by atomic mass is 9.92. The lowest BCUT2D eigenvalue weighted by Crippen LogP contribution is -2.08. The van der Waals surface area contributed by atoms with Gasteiger partial charge in [0.25, 0.3) is 0 Å². The summed E-state index contributed by atoms with van der Waals surface area (Å²) in [4.78, 5) is 1.42. The molecule has 102 valence electrons. The summed E-state index contributed by atoms with van der Waals surface area (Å²) in [6, 6.07) is 13.4. The van der Waals surface area contributed by atoms with Crippen LogP contribution in [0.4, 0.5) is 0 Å². The third-order valence-electron chi connectivity index (χ3n) is 3.37. The first-order chi connectivity index (χ1) is 9.20. The molecule has 2 N–H and O–H groups in total. The zero-order valence-corrected chi connectivity index (χ0v) is 12.6. The first-order valence-electron chi connectivity index (χ1n) is 7.03. The number of benzene rings is 1. The number of thiophene rings is 1. The number of rotatable bonds is 6. The van der Waals surface area contributed by atoms with E-state index in [4.69, 9.17) is 5.73 Å². The fourth-order valence-corrected chi connectivity index (χ4v) is 3.38. The van der Waals surface area contributed by atoms with Crippen molar-refractivity contribution >= 4 is 11.3 Å². The third kappa shape index (κ3) is 3.92. The Bertz CT molecular complexity index is 470. The molecule has 0 bridgehead atoms. The summed E-state index contributed by atoms with van der Waals surface area (Å²) in [7, 11) is 0. The predicted molar refractivity (Wildman–Crippen MR) is 84.8 cm³/mol. The second kappa shape index (κ2) is 6.88. The maximum atomic E-state index is 5.77. The van der Waals surface area contributed by atoms with Gasteiger partial charge in [0.2, 0.25) is 0 Å². The summed E-state index contributed by atoms with van der Waals surface area (Å²) in [5.74, 6) is 1.17. The first kappa shape index (κ1) is 14.3. The van der Waals surface area contributed by atoms with Crippen LogP contribution in [0.3, 0.4) is 0 Å². The summed E-state index contributed by atoms with van der Waals surface area (Å²) in [5.41, 5.74) is 8.59. The van der Waals surface area contributed by atoms with Gasteiger partial charge in [0, 0.05) is 10.8 Å².